The average molecular weight is 361 g/mol. The van der Waals surface area contributed by atoms with Crippen molar-refractivity contribution in [2.45, 2.75) is 32.5 Å². The molecule has 0 amide bonds. The van der Waals surface area contributed by atoms with Gasteiger partial charge in [0.25, 0.3) is 0 Å². The summed E-state index contributed by atoms with van der Waals surface area (Å²) in [7, 11) is 4.24. The molecule has 0 saturated heterocycles. The third-order valence-electron chi connectivity index (χ3n) is 5.60. The molecule has 27 heavy (non-hydrogen) atoms. The summed E-state index contributed by atoms with van der Waals surface area (Å²) in [6, 6.07) is 19.8. The lowest BCUT2D eigenvalue weighted by molar-refractivity contribution is 0.228. The molecule has 0 aliphatic carbocycles. The second-order valence-corrected chi connectivity index (χ2v) is 7.64. The molecule has 1 aliphatic heterocycles. The first-order chi connectivity index (χ1) is 13.1. The Labute approximate surface area is 161 Å². The maximum absolute atomic E-state index is 5.62. The van der Waals surface area contributed by atoms with Crippen molar-refractivity contribution >= 4 is 0 Å². The van der Waals surface area contributed by atoms with Crippen molar-refractivity contribution in [2.75, 3.05) is 20.6 Å². The molecule has 4 nitrogen and oxygen atoms in total. The Hall–Kier alpha value is -2.43. The Bertz CT molecular complexity index is 884. The van der Waals surface area contributed by atoms with Crippen LogP contribution in [0, 0.1) is 0 Å². The first kappa shape index (κ1) is 18.0. The molecule has 0 saturated carbocycles. The summed E-state index contributed by atoms with van der Waals surface area (Å²) in [4.78, 5) is 4.72. The molecule has 0 spiro atoms. The smallest absolute Gasteiger partial charge is 0.143 e. The summed E-state index contributed by atoms with van der Waals surface area (Å²) in [5, 5.41) is 4.35. The van der Waals surface area contributed by atoms with Gasteiger partial charge in [-0.3, -0.25) is 4.90 Å². The quantitative estimate of drug-likeness (QED) is 0.669. The Morgan fingerprint density at radius 3 is 2.52 bits per heavy atom. The molecule has 4 heteroatoms. The van der Waals surface area contributed by atoms with Crippen LogP contribution >= 0.6 is 0 Å². The number of benzene rings is 2. The van der Waals surface area contributed by atoms with Crippen LogP contribution in [0.5, 0.6) is 0 Å². The number of nitrogens with zero attached hydrogens (tertiary/aromatic N) is 3. The van der Waals surface area contributed by atoms with E-state index in [0.717, 1.165) is 43.1 Å². The molecule has 2 heterocycles. The predicted octanol–water partition coefficient (Wildman–Crippen LogP) is 4.52. The molecule has 3 aromatic rings. The van der Waals surface area contributed by atoms with Gasteiger partial charge in [-0.15, -0.1) is 0 Å². The van der Waals surface area contributed by atoms with Gasteiger partial charge in [0, 0.05) is 43.2 Å². The Morgan fingerprint density at radius 2 is 1.81 bits per heavy atom. The SMILES string of the molecule is CC(c1ccc(CN2CCc3onc(-c4ccccc4)c3C2)cc1)N(C)C. The summed E-state index contributed by atoms with van der Waals surface area (Å²) >= 11 is 0. The molecular weight excluding hydrogens is 334 g/mol. The van der Waals surface area contributed by atoms with Gasteiger partial charge >= 0.3 is 0 Å². The van der Waals surface area contributed by atoms with E-state index in [2.05, 4.69) is 72.4 Å². The van der Waals surface area contributed by atoms with Gasteiger partial charge in [0.1, 0.15) is 11.5 Å². The zero-order valence-electron chi connectivity index (χ0n) is 16.4. The summed E-state index contributed by atoms with van der Waals surface area (Å²) in [6.45, 7) is 5.08. The van der Waals surface area contributed by atoms with Crippen LogP contribution in [0.15, 0.2) is 59.1 Å². The van der Waals surface area contributed by atoms with Gasteiger partial charge in [-0.05, 0) is 32.1 Å². The van der Waals surface area contributed by atoms with E-state index in [1.165, 1.54) is 16.7 Å². The monoisotopic (exact) mass is 361 g/mol. The zero-order chi connectivity index (χ0) is 18.8. The third kappa shape index (κ3) is 3.82. The Morgan fingerprint density at radius 1 is 1.07 bits per heavy atom. The number of hydrogen-bond donors (Lipinski definition) is 0. The van der Waals surface area contributed by atoms with Gasteiger partial charge in [0.2, 0.25) is 0 Å². The summed E-state index contributed by atoms with van der Waals surface area (Å²) in [5.41, 5.74) is 6.07. The highest BCUT2D eigenvalue weighted by molar-refractivity contribution is 5.63. The normalized spacial score (nSPS) is 15.7. The molecular formula is C23H27N3O. The minimum atomic E-state index is 0.432. The maximum atomic E-state index is 5.62. The van der Waals surface area contributed by atoms with Gasteiger partial charge in [-0.1, -0.05) is 59.8 Å². The molecule has 0 bridgehead atoms. The summed E-state index contributed by atoms with van der Waals surface area (Å²) in [6.07, 6.45) is 0.922. The molecule has 1 aliphatic rings. The van der Waals surface area contributed by atoms with Crippen molar-refractivity contribution < 1.29 is 4.52 Å². The van der Waals surface area contributed by atoms with Crippen molar-refractivity contribution in [3.63, 3.8) is 0 Å². The van der Waals surface area contributed by atoms with Crippen LogP contribution in [0.25, 0.3) is 11.3 Å². The molecule has 0 fully saturated rings. The van der Waals surface area contributed by atoms with E-state index in [-0.39, 0.29) is 0 Å². The van der Waals surface area contributed by atoms with Crippen LogP contribution in [0.4, 0.5) is 0 Å². The highest BCUT2D eigenvalue weighted by atomic mass is 16.5. The molecule has 1 atom stereocenters. The highest BCUT2D eigenvalue weighted by Gasteiger charge is 2.24. The minimum Gasteiger partial charge on any atom is -0.360 e. The minimum absolute atomic E-state index is 0.432. The number of hydrogen-bond acceptors (Lipinski definition) is 4. The third-order valence-corrected chi connectivity index (χ3v) is 5.60. The average Bonchev–Trinajstić information content (AvgIpc) is 3.12. The highest BCUT2D eigenvalue weighted by Crippen LogP contribution is 2.30. The fourth-order valence-corrected chi connectivity index (χ4v) is 3.68. The second kappa shape index (κ2) is 7.67. The number of aromatic nitrogens is 1. The van der Waals surface area contributed by atoms with Gasteiger partial charge in [-0.25, -0.2) is 0 Å². The van der Waals surface area contributed by atoms with Crippen LogP contribution < -0.4 is 0 Å². The van der Waals surface area contributed by atoms with E-state index in [1.54, 1.807) is 0 Å². The first-order valence-electron chi connectivity index (χ1n) is 9.62. The lowest BCUT2D eigenvalue weighted by Gasteiger charge is -2.26. The van der Waals surface area contributed by atoms with E-state index in [0.29, 0.717) is 6.04 Å². The van der Waals surface area contributed by atoms with E-state index in [9.17, 15) is 0 Å². The van der Waals surface area contributed by atoms with Crippen molar-refractivity contribution in [3.05, 3.63) is 77.0 Å². The van der Waals surface area contributed by atoms with Crippen LogP contribution in [-0.4, -0.2) is 35.6 Å². The van der Waals surface area contributed by atoms with Gasteiger partial charge in [0.15, 0.2) is 0 Å². The van der Waals surface area contributed by atoms with Crippen molar-refractivity contribution in [2.24, 2.45) is 0 Å². The van der Waals surface area contributed by atoms with Crippen molar-refractivity contribution in [1.82, 2.24) is 15.0 Å². The molecule has 140 valence electrons. The lowest BCUT2D eigenvalue weighted by atomic mass is 10.0. The van der Waals surface area contributed by atoms with Crippen molar-refractivity contribution in [1.29, 1.82) is 0 Å². The van der Waals surface area contributed by atoms with E-state index in [4.69, 9.17) is 4.52 Å². The zero-order valence-corrected chi connectivity index (χ0v) is 16.4. The molecule has 2 aromatic carbocycles. The summed E-state index contributed by atoms with van der Waals surface area (Å²) < 4.78 is 5.62. The fraction of sp³-hybridized carbons (Fsp3) is 0.348. The van der Waals surface area contributed by atoms with Crippen molar-refractivity contribution in [3.8, 4) is 11.3 Å². The van der Waals surface area contributed by atoms with Gasteiger partial charge in [0.05, 0.1) is 0 Å². The van der Waals surface area contributed by atoms with Crippen LogP contribution in [0.1, 0.15) is 35.4 Å². The topological polar surface area (TPSA) is 32.5 Å². The largest absolute Gasteiger partial charge is 0.360 e. The van der Waals surface area contributed by atoms with Gasteiger partial charge < -0.3 is 9.42 Å². The predicted molar refractivity (Wildman–Crippen MR) is 108 cm³/mol. The van der Waals surface area contributed by atoms with Crippen LogP contribution in [-0.2, 0) is 19.5 Å². The molecule has 0 N–H and O–H groups in total. The van der Waals surface area contributed by atoms with E-state index >= 15 is 0 Å². The van der Waals surface area contributed by atoms with Crippen LogP contribution in [0.3, 0.4) is 0 Å². The summed E-state index contributed by atoms with van der Waals surface area (Å²) in [5.74, 6) is 1.04. The molecule has 1 unspecified atom stereocenters. The molecule has 0 radical (unpaired) electrons. The Balaban J connectivity index is 1.48. The van der Waals surface area contributed by atoms with Gasteiger partial charge in [-0.2, -0.15) is 0 Å². The Kier molecular flexibility index (Phi) is 5.10. The maximum Gasteiger partial charge on any atom is 0.143 e. The van der Waals surface area contributed by atoms with Crippen LogP contribution in [0.2, 0.25) is 0 Å². The molecule has 4 rings (SSSR count). The molecule has 1 aromatic heterocycles. The lowest BCUT2D eigenvalue weighted by Crippen LogP contribution is -2.29. The second-order valence-electron chi connectivity index (χ2n) is 7.64. The number of rotatable bonds is 5. The first-order valence-corrected chi connectivity index (χ1v) is 9.62. The van der Waals surface area contributed by atoms with E-state index < -0.39 is 0 Å². The van der Waals surface area contributed by atoms with E-state index in [1.807, 2.05) is 18.2 Å². The fourth-order valence-electron chi connectivity index (χ4n) is 3.68. The number of fused-ring (bicyclic) bond motifs is 1. The standard InChI is InChI=1S/C23H27N3O/c1-17(25(2)3)19-11-9-18(10-12-19)15-26-14-13-22-21(16-26)23(24-27-22)20-7-5-4-6-8-20/h4-12,17H,13-16H2,1-3H3.